The molecule has 1 heterocycles. The highest BCUT2D eigenvalue weighted by Crippen LogP contribution is 2.14. The minimum Gasteiger partial charge on any atom is -0.494 e. The van der Waals surface area contributed by atoms with Gasteiger partial charge in [0.15, 0.2) is 5.96 Å². The van der Waals surface area contributed by atoms with Crippen molar-refractivity contribution in [1.29, 1.82) is 0 Å². The number of nitrogens with zero attached hydrogens (tertiary/aromatic N) is 2. The van der Waals surface area contributed by atoms with Gasteiger partial charge in [0.05, 0.1) is 6.61 Å². The van der Waals surface area contributed by atoms with Gasteiger partial charge in [0, 0.05) is 38.6 Å². The van der Waals surface area contributed by atoms with E-state index in [9.17, 15) is 4.79 Å². The first-order chi connectivity index (χ1) is 12.7. The van der Waals surface area contributed by atoms with Crippen LogP contribution in [0.15, 0.2) is 29.3 Å². The Morgan fingerprint density at radius 2 is 2.15 bits per heavy atom. The predicted octanol–water partition coefficient (Wildman–Crippen LogP) is 2.81. The zero-order valence-corrected chi connectivity index (χ0v) is 19.0. The molecule has 1 aromatic rings. The van der Waals surface area contributed by atoms with Crippen LogP contribution in [-0.4, -0.2) is 55.6 Å². The van der Waals surface area contributed by atoms with Crippen LogP contribution >= 0.6 is 24.0 Å². The number of hydrogen-bond donors (Lipinski definition) is 2. The molecule has 0 aromatic heterocycles. The molecule has 2 N–H and O–H groups in total. The van der Waals surface area contributed by atoms with Crippen molar-refractivity contribution in [3.8, 4) is 5.75 Å². The first-order valence-electron chi connectivity index (χ1n) is 9.70. The third kappa shape index (κ3) is 7.94. The number of ether oxygens (including phenoxy) is 1. The number of aliphatic imine (C=N–C) groups is 1. The molecule has 0 spiro atoms. The third-order valence-electron chi connectivity index (χ3n) is 4.41. The molecule has 1 aromatic carbocycles. The van der Waals surface area contributed by atoms with Crippen molar-refractivity contribution in [2.24, 2.45) is 4.99 Å². The Morgan fingerprint density at radius 3 is 2.85 bits per heavy atom. The Labute approximate surface area is 180 Å². The summed E-state index contributed by atoms with van der Waals surface area (Å²) < 4.78 is 5.55. The lowest BCUT2D eigenvalue weighted by Gasteiger charge is -2.18. The van der Waals surface area contributed by atoms with Gasteiger partial charge in [-0.1, -0.05) is 19.1 Å². The van der Waals surface area contributed by atoms with Crippen molar-refractivity contribution in [2.75, 3.05) is 32.8 Å². The number of likely N-dealkylation sites (tertiary alicyclic amines) is 1. The van der Waals surface area contributed by atoms with Gasteiger partial charge in [0.2, 0.25) is 5.91 Å². The van der Waals surface area contributed by atoms with E-state index in [1.165, 1.54) is 5.56 Å². The molecule has 0 aliphatic carbocycles. The van der Waals surface area contributed by atoms with Crippen LogP contribution in [0.25, 0.3) is 0 Å². The molecule has 1 atom stereocenters. The molecule has 1 unspecified atom stereocenters. The Hall–Kier alpha value is -1.51. The number of rotatable bonds is 8. The van der Waals surface area contributed by atoms with Gasteiger partial charge >= 0.3 is 0 Å². The topological polar surface area (TPSA) is 66.0 Å². The van der Waals surface area contributed by atoms with E-state index in [-0.39, 0.29) is 35.9 Å². The maximum Gasteiger partial charge on any atom is 0.222 e. The van der Waals surface area contributed by atoms with Crippen LogP contribution in [0.5, 0.6) is 5.75 Å². The number of halogens is 1. The van der Waals surface area contributed by atoms with Crippen LogP contribution in [0, 0.1) is 0 Å². The predicted molar refractivity (Wildman–Crippen MR) is 121 cm³/mol. The normalized spacial score (nSPS) is 16.6. The molecule has 0 radical (unpaired) electrons. The molecule has 0 saturated carbocycles. The highest BCUT2D eigenvalue weighted by atomic mass is 127. The third-order valence-corrected chi connectivity index (χ3v) is 4.41. The Morgan fingerprint density at radius 1 is 1.33 bits per heavy atom. The Balaban J connectivity index is 0.00000364. The lowest BCUT2D eigenvalue weighted by molar-refractivity contribution is -0.129. The summed E-state index contributed by atoms with van der Waals surface area (Å²) in [6.07, 6.45) is 2.40. The van der Waals surface area contributed by atoms with Crippen molar-refractivity contribution in [3.05, 3.63) is 29.8 Å². The highest BCUT2D eigenvalue weighted by molar-refractivity contribution is 14.0. The molecule has 1 fully saturated rings. The molecule has 2 rings (SSSR count). The second kappa shape index (κ2) is 12.8. The number of carbonyl (C=O) groups is 1. The van der Waals surface area contributed by atoms with E-state index >= 15 is 0 Å². The van der Waals surface area contributed by atoms with Gasteiger partial charge < -0.3 is 20.3 Å². The standard InChI is InChI=1S/C20H32N4O2.HI/c1-4-19(25)24-13-11-17(15-24)23-20(21-5-2)22-12-10-16-8-7-9-18(14-16)26-6-3;/h7-9,14,17H,4-6,10-13,15H2,1-3H3,(H2,21,22,23);1H. The number of amides is 1. The van der Waals surface area contributed by atoms with Crippen LogP contribution < -0.4 is 15.4 Å². The fourth-order valence-electron chi connectivity index (χ4n) is 3.10. The molecular weight excluding hydrogens is 455 g/mol. The summed E-state index contributed by atoms with van der Waals surface area (Å²) in [4.78, 5) is 18.4. The summed E-state index contributed by atoms with van der Waals surface area (Å²) >= 11 is 0. The van der Waals surface area contributed by atoms with Gasteiger partial charge in [-0.25, -0.2) is 0 Å². The van der Waals surface area contributed by atoms with E-state index in [1.807, 2.05) is 30.9 Å². The minimum atomic E-state index is 0. The number of benzene rings is 1. The van der Waals surface area contributed by atoms with Gasteiger partial charge in [-0.15, -0.1) is 24.0 Å². The smallest absolute Gasteiger partial charge is 0.222 e. The van der Waals surface area contributed by atoms with E-state index in [0.29, 0.717) is 19.6 Å². The minimum absolute atomic E-state index is 0. The summed E-state index contributed by atoms with van der Waals surface area (Å²) in [5.41, 5.74) is 1.22. The molecule has 0 bridgehead atoms. The van der Waals surface area contributed by atoms with Crippen molar-refractivity contribution in [2.45, 2.75) is 46.1 Å². The number of guanidine groups is 1. The van der Waals surface area contributed by atoms with Gasteiger partial charge in [-0.05, 0) is 44.4 Å². The highest BCUT2D eigenvalue weighted by Gasteiger charge is 2.25. The molecule has 1 amide bonds. The molecule has 6 nitrogen and oxygen atoms in total. The molecule has 1 aliphatic heterocycles. The molecule has 1 aliphatic rings. The van der Waals surface area contributed by atoms with Crippen LogP contribution in [0.3, 0.4) is 0 Å². The van der Waals surface area contributed by atoms with Gasteiger partial charge in [-0.2, -0.15) is 0 Å². The van der Waals surface area contributed by atoms with Crippen molar-refractivity contribution < 1.29 is 9.53 Å². The second-order valence-corrected chi connectivity index (χ2v) is 6.41. The maximum atomic E-state index is 11.8. The van der Waals surface area contributed by atoms with Crippen LogP contribution in [0.1, 0.15) is 39.2 Å². The van der Waals surface area contributed by atoms with Gasteiger partial charge in [-0.3, -0.25) is 9.79 Å². The second-order valence-electron chi connectivity index (χ2n) is 6.41. The number of nitrogens with one attached hydrogen (secondary N) is 2. The van der Waals surface area contributed by atoms with E-state index in [2.05, 4.69) is 34.7 Å². The average Bonchev–Trinajstić information content (AvgIpc) is 3.10. The Kier molecular flexibility index (Phi) is 11.2. The van der Waals surface area contributed by atoms with Gasteiger partial charge in [0.1, 0.15) is 5.75 Å². The quantitative estimate of drug-likeness (QED) is 0.336. The van der Waals surface area contributed by atoms with E-state index in [0.717, 1.165) is 44.2 Å². The maximum absolute atomic E-state index is 11.8. The monoisotopic (exact) mass is 488 g/mol. The molecule has 7 heteroatoms. The fourth-order valence-corrected chi connectivity index (χ4v) is 3.10. The van der Waals surface area contributed by atoms with E-state index in [4.69, 9.17) is 4.74 Å². The van der Waals surface area contributed by atoms with Crippen LogP contribution in [-0.2, 0) is 11.2 Å². The molecule has 152 valence electrons. The number of hydrogen-bond acceptors (Lipinski definition) is 3. The van der Waals surface area contributed by atoms with Crippen molar-refractivity contribution >= 4 is 35.8 Å². The Bertz CT molecular complexity index is 609. The van der Waals surface area contributed by atoms with Crippen LogP contribution in [0.2, 0.25) is 0 Å². The van der Waals surface area contributed by atoms with Crippen LogP contribution in [0.4, 0.5) is 0 Å². The molecular formula is C20H33IN4O2. The van der Waals surface area contributed by atoms with E-state index < -0.39 is 0 Å². The lowest BCUT2D eigenvalue weighted by atomic mass is 10.1. The summed E-state index contributed by atoms with van der Waals surface area (Å²) in [5, 5.41) is 6.76. The molecule has 1 saturated heterocycles. The summed E-state index contributed by atoms with van der Waals surface area (Å²) in [7, 11) is 0. The van der Waals surface area contributed by atoms with E-state index in [1.54, 1.807) is 0 Å². The zero-order chi connectivity index (χ0) is 18.8. The average molecular weight is 488 g/mol. The van der Waals surface area contributed by atoms with Crippen molar-refractivity contribution in [3.63, 3.8) is 0 Å². The van der Waals surface area contributed by atoms with Gasteiger partial charge in [0.25, 0.3) is 0 Å². The summed E-state index contributed by atoms with van der Waals surface area (Å²) in [6, 6.07) is 8.44. The van der Waals surface area contributed by atoms with Crippen molar-refractivity contribution in [1.82, 2.24) is 15.5 Å². The largest absolute Gasteiger partial charge is 0.494 e. The fraction of sp³-hybridized carbons (Fsp3) is 0.600. The first kappa shape index (κ1) is 23.5. The first-order valence-corrected chi connectivity index (χ1v) is 9.70. The SMILES string of the molecule is CCNC(=NCCc1cccc(OCC)c1)NC1CCN(C(=O)CC)C1.I. The summed E-state index contributed by atoms with van der Waals surface area (Å²) in [6.45, 7) is 9.74. The zero-order valence-electron chi connectivity index (χ0n) is 16.7. The number of carbonyl (C=O) groups excluding carboxylic acids is 1. The lowest BCUT2D eigenvalue weighted by Crippen LogP contribution is -2.45. The molecule has 27 heavy (non-hydrogen) atoms. The summed E-state index contributed by atoms with van der Waals surface area (Å²) in [5.74, 6) is 1.96.